The molecule has 1 saturated heterocycles. The highest BCUT2D eigenvalue weighted by Gasteiger charge is 2.56. The average Bonchev–Trinajstić information content (AvgIpc) is 3.03. The molecule has 0 N–H and O–H groups in total. The van der Waals surface area contributed by atoms with Crippen molar-refractivity contribution in [3.05, 3.63) is 0 Å². The van der Waals surface area contributed by atoms with Crippen LogP contribution in [0, 0.1) is 17.3 Å². The van der Waals surface area contributed by atoms with Crippen molar-refractivity contribution in [2.45, 2.75) is 52.9 Å². The number of carbonyl (C=O) groups is 1. The Morgan fingerprint density at radius 2 is 1.88 bits per heavy atom. The lowest BCUT2D eigenvalue weighted by molar-refractivity contribution is -0.119. The Morgan fingerprint density at radius 1 is 1.29 bits per heavy atom. The van der Waals surface area contributed by atoms with Gasteiger partial charge < -0.3 is 4.90 Å². The molecule has 2 nitrogen and oxygen atoms in total. The highest BCUT2D eigenvalue weighted by atomic mass is 16.1. The molecule has 1 aliphatic carbocycles. The summed E-state index contributed by atoms with van der Waals surface area (Å²) in [5.74, 6) is 1.71. The van der Waals surface area contributed by atoms with E-state index in [1.54, 1.807) is 6.92 Å². The van der Waals surface area contributed by atoms with Crippen LogP contribution in [0.5, 0.6) is 0 Å². The van der Waals surface area contributed by atoms with E-state index in [2.05, 4.69) is 18.7 Å². The topological polar surface area (TPSA) is 20.3 Å². The Kier molecular flexibility index (Phi) is 3.92. The van der Waals surface area contributed by atoms with Crippen molar-refractivity contribution in [1.29, 1.82) is 0 Å². The molecule has 1 spiro atoms. The van der Waals surface area contributed by atoms with Crippen LogP contribution >= 0.6 is 0 Å². The average molecular weight is 237 g/mol. The van der Waals surface area contributed by atoms with E-state index in [1.807, 2.05) is 0 Å². The van der Waals surface area contributed by atoms with Gasteiger partial charge in [0.2, 0.25) is 0 Å². The Bertz CT molecular complexity index is 275. The van der Waals surface area contributed by atoms with Gasteiger partial charge in [0.25, 0.3) is 0 Å². The van der Waals surface area contributed by atoms with Gasteiger partial charge in [0.15, 0.2) is 0 Å². The predicted octanol–water partition coefficient (Wildman–Crippen LogP) is 3.11. The first kappa shape index (κ1) is 13.1. The summed E-state index contributed by atoms with van der Waals surface area (Å²) in [7, 11) is 0. The molecule has 0 aromatic heterocycles. The molecule has 2 aliphatic rings. The second-order valence-electron chi connectivity index (χ2n) is 6.21. The maximum atomic E-state index is 11.4. The Labute approximate surface area is 106 Å². The largest absolute Gasteiger partial charge is 0.303 e. The minimum atomic E-state index is 0.415. The van der Waals surface area contributed by atoms with Crippen LogP contribution in [-0.4, -0.2) is 30.3 Å². The molecule has 1 saturated carbocycles. The molecule has 2 heteroatoms. The number of likely N-dealkylation sites (tertiary alicyclic amines) is 1. The summed E-state index contributed by atoms with van der Waals surface area (Å²) in [5.41, 5.74) is 0.441. The number of ketones is 1. The Morgan fingerprint density at radius 3 is 2.29 bits per heavy atom. The SMILES string of the molecule is CCC(CC)CN1CCC2(CC1)CC2C(C)=O. The molecular formula is C15H27NO. The number of carbonyl (C=O) groups excluding carboxylic acids is 1. The quantitative estimate of drug-likeness (QED) is 0.732. The van der Waals surface area contributed by atoms with Crippen LogP contribution in [0.25, 0.3) is 0 Å². The molecular weight excluding hydrogens is 210 g/mol. The van der Waals surface area contributed by atoms with Crippen molar-refractivity contribution >= 4 is 5.78 Å². The highest BCUT2D eigenvalue weighted by Crippen LogP contribution is 2.59. The van der Waals surface area contributed by atoms with Gasteiger partial charge in [0.1, 0.15) is 5.78 Å². The van der Waals surface area contributed by atoms with Crippen molar-refractivity contribution in [2.75, 3.05) is 19.6 Å². The van der Waals surface area contributed by atoms with E-state index in [-0.39, 0.29) is 0 Å². The molecule has 0 aromatic carbocycles. The van der Waals surface area contributed by atoms with Crippen LogP contribution in [-0.2, 0) is 4.79 Å². The van der Waals surface area contributed by atoms with Crippen LogP contribution in [0.1, 0.15) is 52.9 Å². The van der Waals surface area contributed by atoms with Gasteiger partial charge in [-0.1, -0.05) is 26.7 Å². The summed E-state index contributed by atoms with van der Waals surface area (Å²) < 4.78 is 0. The number of piperidine rings is 1. The molecule has 98 valence electrons. The van der Waals surface area contributed by atoms with Crippen LogP contribution in [0.3, 0.4) is 0 Å². The summed E-state index contributed by atoms with van der Waals surface area (Å²) in [6, 6.07) is 0. The van der Waals surface area contributed by atoms with Crippen molar-refractivity contribution in [3.63, 3.8) is 0 Å². The number of hydrogen-bond donors (Lipinski definition) is 0. The highest BCUT2D eigenvalue weighted by molar-refractivity contribution is 5.82. The van der Waals surface area contributed by atoms with Crippen molar-refractivity contribution < 1.29 is 4.79 Å². The van der Waals surface area contributed by atoms with E-state index in [9.17, 15) is 4.79 Å². The van der Waals surface area contributed by atoms with Gasteiger partial charge in [-0.15, -0.1) is 0 Å². The zero-order chi connectivity index (χ0) is 12.5. The Balaban J connectivity index is 1.77. The fourth-order valence-electron chi connectivity index (χ4n) is 3.57. The standard InChI is InChI=1S/C15H27NO/c1-4-13(5-2)11-16-8-6-15(7-9-16)10-14(15)12(3)17/h13-14H,4-11H2,1-3H3. The number of rotatable bonds is 5. The molecule has 0 aromatic rings. The summed E-state index contributed by atoms with van der Waals surface area (Å²) in [6.07, 6.45) is 6.30. The smallest absolute Gasteiger partial charge is 0.133 e. The van der Waals surface area contributed by atoms with E-state index in [1.165, 1.54) is 51.7 Å². The lowest BCUT2D eigenvalue weighted by Crippen LogP contribution is -2.38. The lowest BCUT2D eigenvalue weighted by atomic mass is 9.89. The third kappa shape index (κ3) is 2.73. The first-order valence-electron chi connectivity index (χ1n) is 7.34. The van der Waals surface area contributed by atoms with E-state index >= 15 is 0 Å². The maximum Gasteiger partial charge on any atom is 0.133 e. The fraction of sp³-hybridized carbons (Fsp3) is 0.933. The molecule has 1 heterocycles. The molecule has 1 unspecified atom stereocenters. The van der Waals surface area contributed by atoms with Gasteiger partial charge in [0.05, 0.1) is 0 Å². The molecule has 0 radical (unpaired) electrons. The van der Waals surface area contributed by atoms with Crippen LogP contribution in [0.15, 0.2) is 0 Å². The van der Waals surface area contributed by atoms with E-state index in [0.717, 1.165) is 5.92 Å². The van der Waals surface area contributed by atoms with Crippen molar-refractivity contribution in [2.24, 2.45) is 17.3 Å². The van der Waals surface area contributed by atoms with Gasteiger partial charge in [-0.2, -0.15) is 0 Å². The van der Waals surface area contributed by atoms with Gasteiger partial charge in [-0.25, -0.2) is 0 Å². The predicted molar refractivity (Wildman–Crippen MR) is 71.0 cm³/mol. The Hall–Kier alpha value is -0.370. The molecule has 2 rings (SSSR count). The van der Waals surface area contributed by atoms with E-state index in [4.69, 9.17) is 0 Å². The van der Waals surface area contributed by atoms with Gasteiger partial charge in [0, 0.05) is 12.5 Å². The van der Waals surface area contributed by atoms with Crippen LogP contribution < -0.4 is 0 Å². The maximum absolute atomic E-state index is 11.4. The fourth-order valence-corrected chi connectivity index (χ4v) is 3.57. The third-order valence-electron chi connectivity index (χ3n) is 5.20. The molecule has 1 aliphatic heterocycles. The van der Waals surface area contributed by atoms with Crippen molar-refractivity contribution in [3.8, 4) is 0 Å². The molecule has 1 atom stereocenters. The van der Waals surface area contributed by atoms with E-state index in [0.29, 0.717) is 17.1 Å². The van der Waals surface area contributed by atoms with Gasteiger partial charge >= 0.3 is 0 Å². The number of hydrogen-bond acceptors (Lipinski definition) is 2. The van der Waals surface area contributed by atoms with E-state index < -0.39 is 0 Å². The summed E-state index contributed by atoms with van der Waals surface area (Å²) >= 11 is 0. The zero-order valence-electron chi connectivity index (χ0n) is 11.7. The van der Waals surface area contributed by atoms with Gasteiger partial charge in [-0.05, 0) is 50.6 Å². The first-order valence-corrected chi connectivity index (χ1v) is 7.34. The number of nitrogens with zero attached hydrogens (tertiary/aromatic N) is 1. The normalized spacial score (nSPS) is 27.6. The lowest BCUT2D eigenvalue weighted by Gasteiger charge is -2.34. The molecule has 0 amide bonds. The molecule has 17 heavy (non-hydrogen) atoms. The summed E-state index contributed by atoms with van der Waals surface area (Å²) in [4.78, 5) is 14.0. The first-order chi connectivity index (χ1) is 8.11. The third-order valence-corrected chi connectivity index (χ3v) is 5.20. The van der Waals surface area contributed by atoms with Crippen LogP contribution in [0.2, 0.25) is 0 Å². The monoisotopic (exact) mass is 237 g/mol. The second-order valence-corrected chi connectivity index (χ2v) is 6.21. The second kappa shape index (κ2) is 5.09. The minimum Gasteiger partial charge on any atom is -0.303 e. The zero-order valence-corrected chi connectivity index (χ0v) is 11.7. The number of Topliss-reactive ketones (excluding diaryl/α,β-unsaturated/α-hetero) is 1. The summed E-state index contributed by atoms with van der Waals surface area (Å²) in [6.45, 7) is 10.1. The minimum absolute atomic E-state index is 0.415. The molecule has 0 bridgehead atoms. The molecule has 2 fully saturated rings. The summed E-state index contributed by atoms with van der Waals surface area (Å²) in [5, 5.41) is 0. The van der Waals surface area contributed by atoms with Crippen molar-refractivity contribution in [1.82, 2.24) is 4.90 Å². The van der Waals surface area contributed by atoms with Gasteiger partial charge in [-0.3, -0.25) is 4.79 Å². The van der Waals surface area contributed by atoms with Crippen LogP contribution in [0.4, 0.5) is 0 Å².